The van der Waals surface area contributed by atoms with Crippen LogP contribution in [0.25, 0.3) is 0 Å². The number of halogens is 4. The molecular weight excluding hydrogens is 392 g/mol. The van der Waals surface area contributed by atoms with Crippen molar-refractivity contribution in [2.45, 2.75) is 18.9 Å². The summed E-state index contributed by atoms with van der Waals surface area (Å²) in [5.41, 5.74) is 5.13. The van der Waals surface area contributed by atoms with Crippen molar-refractivity contribution in [3.63, 3.8) is 0 Å². The molecule has 0 saturated carbocycles. The molecule has 0 aliphatic heterocycles. The number of hydrogen-bond acceptors (Lipinski definition) is 4. The van der Waals surface area contributed by atoms with Crippen molar-refractivity contribution in [3.05, 3.63) is 26.6 Å². The Bertz CT molecular complexity index is 497. The highest BCUT2D eigenvalue weighted by Gasteiger charge is 2.48. The second-order valence-electron chi connectivity index (χ2n) is 3.65. The summed E-state index contributed by atoms with van der Waals surface area (Å²) in [7, 11) is 0. The van der Waals surface area contributed by atoms with Crippen LogP contribution in [0.1, 0.15) is 18.5 Å². The van der Waals surface area contributed by atoms with E-state index in [4.69, 9.17) is 5.73 Å². The minimum absolute atomic E-state index is 0.185. The molecule has 0 aromatic heterocycles. The van der Waals surface area contributed by atoms with Crippen molar-refractivity contribution in [2.24, 2.45) is 5.73 Å². The summed E-state index contributed by atoms with van der Waals surface area (Å²) in [5.74, 6) is -6.11. The van der Waals surface area contributed by atoms with Gasteiger partial charge in [0.05, 0.1) is 11.1 Å². The number of nitrogens with two attached hydrogens (primary N) is 1. The zero-order valence-corrected chi connectivity index (χ0v) is 13.0. The van der Waals surface area contributed by atoms with Gasteiger partial charge in [-0.15, -0.1) is 0 Å². The quantitative estimate of drug-likeness (QED) is 0.759. The number of esters is 1. The second kappa shape index (κ2) is 6.15. The van der Waals surface area contributed by atoms with Crippen molar-refractivity contribution in [2.75, 3.05) is 6.61 Å². The summed E-state index contributed by atoms with van der Waals surface area (Å²) >= 11 is 6.10. The molecule has 0 bridgehead atoms. The van der Waals surface area contributed by atoms with Crippen LogP contribution in [0.4, 0.5) is 8.78 Å². The van der Waals surface area contributed by atoms with E-state index < -0.39 is 23.7 Å². The van der Waals surface area contributed by atoms with Crippen LogP contribution in [-0.2, 0) is 9.53 Å². The van der Waals surface area contributed by atoms with Crippen LogP contribution in [-0.4, -0.2) is 23.6 Å². The van der Waals surface area contributed by atoms with Crippen molar-refractivity contribution in [1.29, 1.82) is 0 Å². The van der Waals surface area contributed by atoms with E-state index in [0.29, 0.717) is 4.47 Å². The molecular formula is C11H11Br2F2NO3. The summed E-state index contributed by atoms with van der Waals surface area (Å²) in [4.78, 5) is 11.2. The number of rotatable bonds is 4. The summed E-state index contributed by atoms with van der Waals surface area (Å²) in [6.07, 6.45) is 0. The van der Waals surface area contributed by atoms with Crippen molar-refractivity contribution < 1.29 is 23.4 Å². The topological polar surface area (TPSA) is 72.5 Å². The number of alkyl halides is 2. The minimum Gasteiger partial charge on any atom is -0.506 e. The third-order valence-corrected chi connectivity index (χ3v) is 3.39. The first-order valence-electron chi connectivity index (χ1n) is 5.20. The minimum atomic E-state index is -3.94. The van der Waals surface area contributed by atoms with Crippen LogP contribution in [0.2, 0.25) is 0 Å². The van der Waals surface area contributed by atoms with Gasteiger partial charge < -0.3 is 15.6 Å². The normalized spacial score (nSPS) is 13.2. The number of phenolic OH excluding ortho intramolecular Hbond substituents is 1. The van der Waals surface area contributed by atoms with Crippen LogP contribution >= 0.6 is 31.9 Å². The van der Waals surface area contributed by atoms with Crippen molar-refractivity contribution >= 4 is 37.8 Å². The molecule has 1 aromatic rings. The largest absolute Gasteiger partial charge is 0.506 e. The maximum atomic E-state index is 13.8. The standard InChI is InChI=1S/C11H11Br2F2NO3/c1-2-19-10(18)11(14,15)9(16)6-3-5(12)4-7(13)8(6)17/h3-4,9,17H,2,16H2,1H3/t9-/m1/s1. The molecule has 0 unspecified atom stereocenters. The van der Waals surface area contributed by atoms with Crippen LogP contribution in [0, 0.1) is 0 Å². The highest BCUT2D eigenvalue weighted by molar-refractivity contribution is 9.11. The number of hydrogen-bond donors (Lipinski definition) is 2. The van der Waals surface area contributed by atoms with Gasteiger partial charge in [-0.3, -0.25) is 0 Å². The van der Waals surface area contributed by atoms with Crippen LogP contribution in [0.3, 0.4) is 0 Å². The lowest BCUT2D eigenvalue weighted by Gasteiger charge is -2.23. The fourth-order valence-corrected chi connectivity index (χ4v) is 2.63. The molecule has 3 N–H and O–H groups in total. The molecule has 0 heterocycles. The van der Waals surface area contributed by atoms with Crippen LogP contribution in [0.5, 0.6) is 5.75 Å². The Morgan fingerprint density at radius 3 is 2.63 bits per heavy atom. The van der Waals surface area contributed by atoms with E-state index in [-0.39, 0.29) is 16.6 Å². The van der Waals surface area contributed by atoms with Gasteiger partial charge in [0.25, 0.3) is 0 Å². The average molecular weight is 403 g/mol. The zero-order valence-electron chi connectivity index (χ0n) is 9.79. The van der Waals surface area contributed by atoms with Gasteiger partial charge >= 0.3 is 11.9 Å². The highest BCUT2D eigenvalue weighted by atomic mass is 79.9. The molecule has 4 nitrogen and oxygen atoms in total. The smallest absolute Gasteiger partial charge is 0.379 e. The molecule has 0 aliphatic rings. The Balaban J connectivity index is 3.19. The van der Waals surface area contributed by atoms with Gasteiger partial charge in [0.2, 0.25) is 0 Å². The maximum Gasteiger partial charge on any atom is 0.379 e. The lowest BCUT2D eigenvalue weighted by atomic mass is 10.0. The number of phenols is 1. The van der Waals surface area contributed by atoms with Gasteiger partial charge in [-0.2, -0.15) is 8.78 Å². The molecule has 0 aliphatic carbocycles. The van der Waals surface area contributed by atoms with Gasteiger partial charge in [0.15, 0.2) is 0 Å². The van der Waals surface area contributed by atoms with E-state index in [9.17, 15) is 18.7 Å². The summed E-state index contributed by atoms with van der Waals surface area (Å²) in [6, 6.07) is 0.673. The molecule has 8 heteroatoms. The monoisotopic (exact) mass is 401 g/mol. The zero-order chi connectivity index (χ0) is 14.8. The van der Waals surface area contributed by atoms with E-state index in [2.05, 4.69) is 36.6 Å². The fourth-order valence-electron chi connectivity index (χ4n) is 1.37. The van der Waals surface area contributed by atoms with Gasteiger partial charge in [0, 0.05) is 10.0 Å². The van der Waals surface area contributed by atoms with E-state index in [1.165, 1.54) is 19.1 Å². The lowest BCUT2D eigenvalue weighted by Crippen LogP contribution is -2.41. The highest BCUT2D eigenvalue weighted by Crippen LogP contribution is 2.40. The molecule has 106 valence electrons. The Morgan fingerprint density at radius 1 is 1.53 bits per heavy atom. The molecule has 1 aromatic carbocycles. The Morgan fingerprint density at radius 2 is 2.11 bits per heavy atom. The van der Waals surface area contributed by atoms with Crippen molar-refractivity contribution in [1.82, 2.24) is 0 Å². The third kappa shape index (κ3) is 3.43. The molecule has 0 fully saturated rings. The Hall–Kier alpha value is -0.730. The number of benzene rings is 1. The van der Waals surface area contributed by atoms with E-state index >= 15 is 0 Å². The molecule has 0 spiro atoms. The summed E-state index contributed by atoms with van der Waals surface area (Å²) in [6.45, 7) is 1.22. The SMILES string of the molecule is CCOC(=O)C(F)(F)[C@H](N)c1cc(Br)cc(Br)c1O. The van der Waals surface area contributed by atoms with Gasteiger partial charge in [0.1, 0.15) is 11.8 Å². The number of carbonyl (C=O) groups is 1. The number of ether oxygens (including phenoxy) is 1. The first-order chi connectivity index (χ1) is 8.71. The average Bonchev–Trinajstić information content (AvgIpc) is 2.33. The summed E-state index contributed by atoms with van der Waals surface area (Å²) < 4.78 is 32.5. The van der Waals surface area contributed by atoms with Gasteiger partial charge in [-0.05, 0) is 35.0 Å². The molecule has 0 radical (unpaired) electrons. The van der Waals surface area contributed by atoms with Crippen LogP contribution in [0.15, 0.2) is 21.1 Å². The van der Waals surface area contributed by atoms with E-state index in [1.807, 2.05) is 0 Å². The molecule has 0 amide bonds. The van der Waals surface area contributed by atoms with Crippen LogP contribution < -0.4 is 5.73 Å². The Labute approximate surface area is 125 Å². The molecule has 1 atom stereocenters. The second-order valence-corrected chi connectivity index (χ2v) is 5.42. The molecule has 1 rings (SSSR count). The van der Waals surface area contributed by atoms with Gasteiger partial charge in [-0.25, -0.2) is 4.79 Å². The first kappa shape index (κ1) is 16.3. The van der Waals surface area contributed by atoms with Crippen molar-refractivity contribution in [3.8, 4) is 5.75 Å². The Kier molecular flexibility index (Phi) is 5.28. The third-order valence-electron chi connectivity index (χ3n) is 2.33. The summed E-state index contributed by atoms with van der Waals surface area (Å²) in [5, 5.41) is 9.73. The van der Waals surface area contributed by atoms with E-state index in [0.717, 1.165) is 0 Å². The molecule has 0 saturated heterocycles. The molecule has 19 heavy (non-hydrogen) atoms. The van der Waals surface area contributed by atoms with Gasteiger partial charge in [-0.1, -0.05) is 15.9 Å². The van der Waals surface area contributed by atoms with E-state index in [1.54, 1.807) is 0 Å². The number of carbonyl (C=O) groups excluding carboxylic acids is 1. The first-order valence-corrected chi connectivity index (χ1v) is 6.78. The predicted octanol–water partition coefficient (Wildman–Crippen LogP) is 3.12. The fraction of sp³-hybridized carbons (Fsp3) is 0.364. The maximum absolute atomic E-state index is 13.8. The predicted molar refractivity (Wildman–Crippen MR) is 72.0 cm³/mol. The lowest BCUT2D eigenvalue weighted by molar-refractivity contribution is -0.174. The number of aromatic hydroxyl groups is 1.